The molecular weight excluding hydrogens is 328 g/mol. The summed E-state index contributed by atoms with van der Waals surface area (Å²) in [5, 5.41) is 10.8. The Morgan fingerprint density at radius 3 is 2.79 bits per heavy atom. The Balaban J connectivity index is 1.80. The summed E-state index contributed by atoms with van der Waals surface area (Å²) in [6, 6.07) is 7.19. The molecule has 0 saturated carbocycles. The van der Waals surface area contributed by atoms with Crippen LogP contribution in [0.2, 0.25) is 0 Å². The first-order chi connectivity index (χ1) is 11.6. The molecule has 124 valence electrons. The maximum absolute atomic E-state index is 12.5. The molecule has 0 aliphatic carbocycles. The number of amides is 1. The molecule has 0 radical (unpaired) electrons. The van der Waals surface area contributed by atoms with Crippen molar-refractivity contribution in [3.63, 3.8) is 0 Å². The van der Waals surface area contributed by atoms with Crippen LogP contribution < -0.4 is 10.1 Å². The highest BCUT2D eigenvalue weighted by atomic mass is 32.1. The summed E-state index contributed by atoms with van der Waals surface area (Å²) in [5.41, 5.74) is 3.19. The number of anilines is 1. The molecule has 0 unspecified atom stereocenters. The fourth-order valence-corrected chi connectivity index (χ4v) is 2.74. The second-order valence-electron chi connectivity index (χ2n) is 5.13. The second kappa shape index (κ2) is 6.75. The van der Waals surface area contributed by atoms with E-state index in [0.29, 0.717) is 23.7 Å². The summed E-state index contributed by atoms with van der Waals surface area (Å²) in [4.78, 5) is 12.5. The van der Waals surface area contributed by atoms with Crippen molar-refractivity contribution in [2.75, 3.05) is 12.4 Å². The van der Waals surface area contributed by atoms with Crippen molar-refractivity contribution in [2.45, 2.75) is 20.4 Å². The predicted molar refractivity (Wildman–Crippen MR) is 89.5 cm³/mol. The summed E-state index contributed by atoms with van der Waals surface area (Å²) in [6.07, 6.45) is 0. The van der Waals surface area contributed by atoms with Gasteiger partial charge in [0.25, 0.3) is 5.91 Å². The van der Waals surface area contributed by atoms with E-state index in [4.69, 9.17) is 4.74 Å². The van der Waals surface area contributed by atoms with Crippen molar-refractivity contribution in [1.29, 1.82) is 0 Å². The highest BCUT2D eigenvalue weighted by molar-refractivity contribution is 6.99. The zero-order valence-electron chi connectivity index (χ0n) is 13.5. The molecule has 0 fully saturated rings. The smallest absolute Gasteiger partial charge is 0.278 e. The number of carbonyl (C=O) groups excluding carboxylic acids is 1. The number of para-hydroxylation sites is 2. The number of aromatic nitrogens is 5. The lowest BCUT2D eigenvalue weighted by Gasteiger charge is -2.09. The lowest BCUT2D eigenvalue weighted by Crippen LogP contribution is -2.15. The number of aryl methyl sites for hydroxylation is 1. The van der Waals surface area contributed by atoms with Gasteiger partial charge in [-0.05, 0) is 26.0 Å². The molecule has 1 aromatic carbocycles. The monoisotopic (exact) mass is 344 g/mol. The van der Waals surface area contributed by atoms with E-state index in [2.05, 4.69) is 24.4 Å². The lowest BCUT2D eigenvalue weighted by molar-refractivity contribution is 0.102. The molecule has 0 saturated heterocycles. The Kier molecular flexibility index (Phi) is 4.52. The van der Waals surface area contributed by atoms with E-state index in [1.807, 2.05) is 19.1 Å². The molecule has 8 nitrogen and oxygen atoms in total. The van der Waals surface area contributed by atoms with Crippen LogP contribution in [0.15, 0.2) is 24.3 Å². The summed E-state index contributed by atoms with van der Waals surface area (Å²) >= 11 is 1.16. The molecule has 1 amide bonds. The summed E-state index contributed by atoms with van der Waals surface area (Å²) < 4.78 is 15.2. The van der Waals surface area contributed by atoms with Crippen molar-refractivity contribution >= 4 is 23.3 Å². The van der Waals surface area contributed by atoms with E-state index in [9.17, 15) is 4.79 Å². The zero-order valence-corrected chi connectivity index (χ0v) is 14.3. The van der Waals surface area contributed by atoms with Crippen LogP contribution in [0.25, 0.3) is 0 Å². The van der Waals surface area contributed by atoms with E-state index < -0.39 is 0 Å². The molecule has 0 atom stereocenters. The predicted octanol–water partition coefficient (Wildman–Crippen LogP) is 2.06. The number of nitrogens with zero attached hydrogens (tertiary/aromatic N) is 5. The molecule has 3 rings (SSSR count). The standard InChI is InChI=1S/C15H16N6O2S/c1-9-12(19-24-18-9)8-21-10(2)14(17-20-21)15(22)16-11-6-4-5-7-13(11)23-3/h4-7H,8H2,1-3H3,(H,16,22). The first-order valence-electron chi connectivity index (χ1n) is 7.22. The zero-order chi connectivity index (χ0) is 17.1. The summed E-state index contributed by atoms with van der Waals surface area (Å²) in [5.74, 6) is 0.247. The van der Waals surface area contributed by atoms with Gasteiger partial charge in [-0.3, -0.25) is 4.79 Å². The van der Waals surface area contributed by atoms with Gasteiger partial charge in [-0.1, -0.05) is 17.3 Å². The molecule has 9 heteroatoms. The third-order valence-electron chi connectivity index (χ3n) is 3.60. The Morgan fingerprint density at radius 1 is 1.29 bits per heavy atom. The van der Waals surface area contributed by atoms with E-state index in [-0.39, 0.29) is 11.6 Å². The molecule has 3 aromatic rings. The molecule has 24 heavy (non-hydrogen) atoms. The highest BCUT2D eigenvalue weighted by Gasteiger charge is 2.19. The number of ether oxygens (including phenoxy) is 1. The van der Waals surface area contributed by atoms with Crippen LogP contribution in [0, 0.1) is 13.8 Å². The molecule has 0 aliphatic heterocycles. The summed E-state index contributed by atoms with van der Waals surface area (Å²) in [7, 11) is 1.55. The number of hydrogen-bond donors (Lipinski definition) is 1. The van der Waals surface area contributed by atoms with Crippen molar-refractivity contribution < 1.29 is 9.53 Å². The van der Waals surface area contributed by atoms with E-state index in [1.54, 1.807) is 30.8 Å². The summed E-state index contributed by atoms with van der Waals surface area (Å²) in [6.45, 7) is 4.12. The van der Waals surface area contributed by atoms with Gasteiger partial charge in [-0.15, -0.1) is 5.10 Å². The first kappa shape index (κ1) is 16.1. The van der Waals surface area contributed by atoms with Gasteiger partial charge in [0.15, 0.2) is 5.69 Å². The minimum atomic E-state index is -0.337. The Labute approximate surface area is 142 Å². The van der Waals surface area contributed by atoms with Crippen LogP contribution in [0.5, 0.6) is 5.75 Å². The van der Waals surface area contributed by atoms with Crippen molar-refractivity contribution in [2.24, 2.45) is 0 Å². The highest BCUT2D eigenvalue weighted by Crippen LogP contribution is 2.23. The Bertz CT molecular complexity index is 872. The number of hydrogen-bond acceptors (Lipinski definition) is 7. The quantitative estimate of drug-likeness (QED) is 0.761. The molecule has 2 heterocycles. The fraction of sp³-hybridized carbons (Fsp3) is 0.267. The van der Waals surface area contributed by atoms with Gasteiger partial charge in [0.1, 0.15) is 5.75 Å². The maximum Gasteiger partial charge on any atom is 0.278 e. The molecular formula is C15H16N6O2S. The van der Waals surface area contributed by atoms with Gasteiger partial charge in [0.2, 0.25) is 0 Å². The normalized spacial score (nSPS) is 10.6. The van der Waals surface area contributed by atoms with E-state index in [0.717, 1.165) is 23.1 Å². The van der Waals surface area contributed by atoms with Gasteiger partial charge >= 0.3 is 0 Å². The average molecular weight is 344 g/mol. The first-order valence-corrected chi connectivity index (χ1v) is 7.95. The second-order valence-corrected chi connectivity index (χ2v) is 5.66. The van der Waals surface area contributed by atoms with Gasteiger partial charge in [0, 0.05) is 0 Å². The number of nitrogens with one attached hydrogen (secondary N) is 1. The van der Waals surface area contributed by atoms with Gasteiger partial charge < -0.3 is 10.1 Å². The fourth-order valence-electron chi connectivity index (χ4n) is 2.18. The third kappa shape index (κ3) is 3.11. The molecule has 0 spiro atoms. The SMILES string of the molecule is COc1ccccc1NC(=O)c1nnn(Cc2nsnc2C)c1C. The van der Waals surface area contributed by atoms with Crippen molar-refractivity contribution in [1.82, 2.24) is 23.7 Å². The van der Waals surface area contributed by atoms with E-state index in [1.165, 1.54) is 0 Å². The average Bonchev–Trinajstić information content (AvgIpc) is 3.15. The minimum absolute atomic E-state index is 0.266. The Hall–Kier alpha value is -2.81. The van der Waals surface area contributed by atoms with Gasteiger partial charge in [-0.25, -0.2) is 4.68 Å². The van der Waals surface area contributed by atoms with Gasteiger partial charge in [0.05, 0.1) is 48.2 Å². The molecule has 0 bridgehead atoms. The minimum Gasteiger partial charge on any atom is -0.495 e. The molecule has 2 aromatic heterocycles. The van der Waals surface area contributed by atoms with Crippen LogP contribution in [0.4, 0.5) is 5.69 Å². The topological polar surface area (TPSA) is 94.8 Å². The third-order valence-corrected chi connectivity index (χ3v) is 4.26. The van der Waals surface area contributed by atoms with Crippen LogP contribution >= 0.6 is 11.7 Å². The van der Waals surface area contributed by atoms with Crippen molar-refractivity contribution in [3.05, 3.63) is 47.0 Å². The molecule has 1 N–H and O–H groups in total. The maximum atomic E-state index is 12.5. The van der Waals surface area contributed by atoms with Crippen molar-refractivity contribution in [3.8, 4) is 5.75 Å². The van der Waals surface area contributed by atoms with Gasteiger partial charge in [-0.2, -0.15) is 8.75 Å². The lowest BCUT2D eigenvalue weighted by atomic mass is 10.2. The largest absolute Gasteiger partial charge is 0.495 e. The number of carbonyl (C=O) groups is 1. The van der Waals surface area contributed by atoms with E-state index >= 15 is 0 Å². The number of methoxy groups -OCH3 is 1. The number of rotatable bonds is 5. The van der Waals surface area contributed by atoms with Crippen LogP contribution in [-0.4, -0.2) is 36.8 Å². The Morgan fingerprint density at radius 2 is 2.08 bits per heavy atom. The number of benzene rings is 1. The van der Waals surface area contributed by atoms with Crippen LogP contribution in [0.3, 0.4) is 0 Å². The van der Waals surface area contributed by atoms with Crippen LogP contribution in [-0.2, 0) is 6.54 Å². The van der Waals surface area contributed by atoms with Crippen LogP contribution in [0.1, 0.15) is 27.6 Å². The molecule has 0 aliphatic rings.